The molecule has 7 heteroatoms. The van der Waals surface area contributed by atoms with Crippen LogP contribution in [0.2, 0.25) is 0 Å². The number of benzene rings is 2. The Morgan fingerprint density at radius 2 is 1.88 bits per heavy atom. The lowest BCUT2D eigenvalue weighted by Gasteiger charge is -2.17. The quantitative estimate of drug-likeness (QED) is 0.892. The Bertz CT molecular complexity index is 823. The number of ether oxygens (including phenoxy) is 2. The third-order valence-electron chi connectivity index (χ3n) is 4.30. The van der Waals surface area contributed by atoms with E-state index in [0.29, 0.717) is 22.9 Å². The van der Waals surface area contributed by atoms with Gasteiger partial charge in [-0.05, 0) is 36.4 Å². The number of carbonyl (C=O) groups is 2. The molecule has 2 aromatic carbocycles. The van der Waals surface area contributed by atoms with Crippen molar-refractivity contribution in [2.24, 2.45) is 5.92 Å². The third kappa shape index (κ3) is 3.61. The predicted molar refractivity (Wildman–Crippen MR) is 95.0 cm³/mol. The highest BCUT2D eigenvalue weighted by atomic mass is 19.1. The van der Waals surface area contributed by atoms with E-state index in [1.165, 1.54) is 36.3 Å². The van der Waals surface area contributed by atoms with Gasteiger partial charge in [-0.25, -0.2) is 4.39 Å². The fourth-order valence-electron chi connectivity index (χ4n) is 2.89. The smallest absolute Gasteiger partial charge is 0.229 e. The van der Waals surface area contributed by atoms with Crippen LogP contribution >= 0.6 is 0 Å². The van der Waals surface area contributed by atoms with Crippen LogP contribution < -0.4 is 19.7 Å². The average Bonchev–Trinajstić information content (AvgIpc) is 3.04. The Morgan fingerprint density at radius 1 is 1.15 bits per heavy atom. The zero-order chi connectivity index (χ0) is 18.7. The molecule has 2 aromatic rings. The summed E-state index contributed by atoms with van der Waals surface area (Å²) < 4.78 is 23.5. The Balaban J connectivity index is 1.71. The topological polar surface area (TPSA) is 67.9 Å². The summed E-state index contributed by atoms with van der Waals surface area (Å²) in [5.41, 5.74) is 1.08. The second-order valence-electron chi connectivity index (χ2n) is 5.94. The molecule has 0 saturated carbocycles. The van der Waals surface area contributed by atoms with Gasteiger partial charge in [-0.15, -0.1) is 0 Å². The highest BCUT2D eigenvalue weighted by Crippen LogP contribution is 2.31. The molecular formula is C19H19FN2O4. The maximum Gasteiger partial charge on any atom is 0.229 e. The van der Waals surface area contributed by atoms with Crippen LogP contribution in [-0.2, 0) is 9.59 Å². The second-order valence-corrected chi connectivity index (χ2v) is 5.94. The van der Waals surface area contributed by atoms with Crippen LogP contribution in [0.1, 0.15) is 6.42 Å². The van der Waals surface area contributed by atoms with Gasteiger partial charge in [-0.3, -0.25) is 9.59 Å². The lowest BCUT2D eigenvalue weighted by atomic mass is 10.1. The van der Waals surface area contributed by atoms with Crippen LogP contribution in [0, 0.1) is 11.7 Å². The van der Waals surface area contributed by atoms with Crippen molar-refractivity contribution in [2.75, 3.05) is 31.0 Å². The summed E-state index contributed by atoms with van der Waals surface area (Å²) in [5, 5.41) is 2.80. The van der Waals surface area contributed by atoms with Gasteiger partial charge >= 0.3 is 0 Å². The van der Waals surface area contributed by atoms with Crippen molar-refractivity contribution in [1.29, 1.82) is 0 Å². The van der Waals surface area contributed by atoms with E-state index in [2.05, 4.69) is 5.32 Å². The van der Waals surface area contributed by atoms with E-state index in [1.807, 2.05) is 0 Å². The number of amides is 2. The molecule has 0 aromatic heterocycles. The maximum atomic E-state index is 13.1. The van der Waals surface area contributed by atoms with E-state index in [-0.39, 0.29) is 30.6 Å². The fraction of sp³-hybridized carbons (Fsp3) is 0.263. The molecule has 26 heavy (non-hydrogen) atoms. The first-order chi connectivity index (χ1) is 12.5. The molecule has 0 spiro atoms. The molecule has 1 aliphatic rings. The number of hydrogen-bond donors (Lipinski definition) is 1. The van der Waals surface area contributed by atoms with Gasteiger partial charge in [-0.2, -0.15) is 0 Å². The van der Waals surface area contributed by atoms with E-state index in [1.54, 1.807) is 25.3 Å². The summed E-state index contributed by atoms with van der Waals surface area (Å²) in [4.78, 5) is 26.3. The Kier molecular flexibility index (Phi) is 5.06. The molecule has 3 rings (SSSR count). The summed E-state index contributed by atoms with van der Waals surface area (Å²) in [6.07, 6.45) is 0.0989. The molecule has 136 valence electrons. The van der Waals surface area contributed by atoms with Crippen molar-refractivity contribution < 1.29 is 23.5 Å². The Labute approximate surface area is 150 Å². The van der Waals surface area contributed by atoms with Crippen molar-refractivity contribution in [3.8, 4) is 11.5 Å². The zero-order valence-corrected chi connectivity index (χ0v) is 14.5. The van der Waals surface area contributed by atoms with Crippen LogP contribution in [0.5, 0.6) is 11.5 Å². The molecule has 0 radical (unpaired) electrons. The van der Waals surface area contributed by atoms with Crippen LogP contribution in [0.25, 0.3) is 0 Å². The molecule has 1 N–H and O–H groups in total. The van der Waals surface area contributed by atoms with Gasteiger partial charge in [0.05, 0.1) is 25.8 Å². The van der Waals surface area contributed by atoms with Gasteiger partial charge in [0.2, 0.25) is 11.8 Å². The first-order valence-electron chi connectivity index (χ1n) is 8.10. The predicted octanol–water partition coefficient (Wildman–Crippen LogP) is 2.83. The first-order valence-corrected chi connectivity index (χ1v) is 8.10. The molecule has 1 atom stereocenters. The van der Waals surface area contributed by atoms with Crippen molar-refractivity contribution in [1.82, 2.24) is 0 Å². The van der Waals surface area contributed by atoms with Crippen LogP contribution in [-0.4, -0.2) is 32.6 Å². The number of nitrogens with one attached hydrogen (secondary N) is 1. The first kappa shape index (κ1) is 17.7. The van der Waals surface area contributed by atoms with Crippen molar-refractivity contribution in [3.63, 3.8) is 0 Å². The number of methoxy groups -OCH3 is 2. The number of hydrogen-bond acceptors (Lipinski definition) is 4. The zero-order valence-electron chi connectivity index (χ0n) is 14.5. The standard InChI is InChI=1S/C19H19FN2O4/c1-25-15-7-8-16(17(10-15)26-2)21-19(24)12-9-18(23)22(11-12)14-5-3-13(20)4-6-14/h3-8,10,12H,9,11H2,1-2H3,(H,21,24). The molecule has 2 amide bonds. The van der Waals surface area contributed by atoms with Gasteiger partial charge in [0.1, 0.15) is 17.3 Å². The van der Waals surface area contributed by atoms with Gasteiger partial charge in [0.15, 0.2) is 0 Å². The summed E-state index contributed by atoms with van der Waals surface area (Å²) in [7, 11) is 3.04. The molecule has 0 bridgehead atoms. The summed E-state index contributed by atoms with van der Waals surface area (Å²) >= 11 is 0. The summed E-state index contributed by atoms with van der Waals surface area (Å²) in [5.74, 6) is -0.235. The minimum atomic E-state index is -0.501. The third-order valence-corrected chi connectivity index (χ3v) is 4.30. The largest absolute Gasteiger partial charge is 0.497 e. The van der Waals surface area contributed by atoms with Crippen molar-refractivity contribution in [2.45, 2.75) is 6.42 Å². The lowest BCUT2D eigenvalue weighted by Crippen LogP contribution is -2.28. The summed E-state index contributed by atoms with van der Waals surface area (Å²) in [6.45, 7) is 0.245. The number of rotatable bonds is 5. The van der Waals surface area contributed by atoms with Gasteiger partial charge < -0.3 is 19.7 Å². The number of anilines is 2. The number of halogens is 1. The minimum Gasteiger partial charge on any atom is -0.497 e. The van der Waals surface area contributed by atoms with E-state index >= 15 is 0 Å². The van der Waals surface area contributed by atoms with Crippen LogP contribution in [0.3, 0.4) is 0 Å². The van der Waals surface area contributed by atoms with E-state index in [4.69, 9.17) is 9.47 Å². The van der Waals surface area contributed by atoms with Crippen molar-refractivity contribution in [3.05, 3.63) is 48.3 Å². The second kappa shape index (κ2) is 7.43. The highest BCUT2D eigenvalue weighted by molar-refractivity contribution is 6.03. The van der Waals surface area contributed by atoms with Gasteiger partial charge in [-0.1, -0.05) is 0 Å². The Hall–Kier alpha value is -3.09. The summed E-state index contributed by atoms with van der Waals surface area (Å²) in [6, 6.07) is 10.7. The fourth-order valence-corrected chi connectivity index (χ4v) is 2.89. The SMILES string of the molecule is COc1ccc(NC(=O)C2CC(=O)N(c3ccc(F)cc3)C2)c(OC)c1. The lowest BCUT2D eigenvalue weighted by molar-refractivity contribution is -0.122. The Morgan fingerprint density at radius 3 is 2.54 bits per heavy atom. The number of nitrogens with zero attached hydrogens (tertiary/aromatic N) is 1. The minimum absolute atomic E-state index is 0.0989. The highest BCUT2D eigenvalue weighted by Gasteiger charge is 2.35. The van der Waals surface area contributed by atoms with Gasteiger partial charge in [0, 0.05) is 24.7 Å². The monoisotopic (exact) mass is 358 g/mol. The molecule has 1 aliphatic heterocycles. The molecular weight excluding hydrogens is 339 g/mol. The van der Waals surface area contributed by atoms with Crippen LogP contribution in [0.15, 0.2) is 42.5 Å². The molecule has 1 fully saturated rings. The van der Waals surface area contributed by atoms with E-state index < -0.39 is 5.92 Å². The van der Waals surface area contributed by atoms with Gasteiger partial charge in [0.25, 0.3) is 0 Å². The normalized spacial score (nSPS) is 16.5. The maximum absolute atomic E-state index is 13.1. The molecule has 6 nitrogen and oxygen atoms in total. The number of carbonyl (C=O) groups excluding carboxylic acids is 2. The molecule has 1 heterocycles. The molecule has 1 unspecified atom stereocenters. The van der Waals surface area contributed by atoms with Crippen molar-refractivity contribution >= 4 is 23.2 Å². The average molecular weight is 358 g/mol. The molecule has 1 saturated heterocycles. The van der Waals surface area contributed by atoms with E-state index in [9.17, 15) is 14.0 Å². The van der Waals surface area contributed by atoms with E-state index in [0.717, 1.165) is 0 Å². The van der Waals surface area contributed by atoms with Crippen LogP contribution in [0.4, 0.5) is 15.8 Å². The molecule has 0 aliphatic carbocycles.